The minimum Gasteiger partial charge on any atom is -0.384 e. The molecule has 2 N–H and O–H groups in total. The third-order valence-electron chi connectivity index (χ3n) is 1.50. The maximum absolute atomic E-state index is 11.0. The highest BCUT2D eigenvalue weighted by molar-refractivity contribution is 5.80. The molecule has 2 unspecified atom stereocenters. The molecule has 0 aliphatic rings. The highest BCUT2D eigenvalue weighted by Crippen LogP contribution is 2.04. The summed E-state index contributed by atoms with van der Waals surface area (Å²) in [5.74, 6) is -0.0775. The van der Waals surface area contributed by atoms with Gasteiger partial charge in [0, 0.05) is 0 Å². The van der Waals surface area contributed by atoms with Crippen molar-refractivity contribution in [2.75, 3.05) is 0 Å². The summed E-state index contributed by atoms with van der Waals surface area (Å²) in [5.41, 5.74) is 0. The number of nitrogens with zero attached hydrogens (tertiary/aromatic N) is 2. The maximum Gasteiger partial charge on any atom is 0.249 e. The number of carbonyl (C=O) groups excluding carboxylic acids is 1. The van der Waals surface area contributed by atoms with Gasteiger partial charge in [0.2, 0.25) is 12.3 Å². The summed E-state index contributed by atoms with van der Waals surface area (Å²) in [6, 6.07) is -0.360. The molecule has 0 aromatic carbocycles. The van der Waals surface area contributed by atoms with Crippen LogP contribution in [-0.4, -0.2) is 27.3 Å². The van der Waals surface area contributed by atoms with Crippen molar-refractivity contribution in [3.8, 4) is 0 Å². The second kappa shape index (κ2) is 3.99. The lowest BCUT2D eigenvalue weighted by Crippen LogP contribution is -2.34. The number of nitrogens with one attached hydrogen (secondary N) is 1. The summed E-state index contributed by atoms with van der Waals surface area (Å²) in [4.78, 5) is 14.8. The zero-order valence-electron chi connectivity index (χ0n) is 7.39. The molecule has 0 saturated carbocycles. The van der Waals surface area contributed by atoms with Gasteiger partial charge in [0.1, 0.15) is 6.10 Å². The van der Waals surface area contributed by atoms with Crippen molar-refractivity contribution in [2.24, 2.45) is 0 Å². The molecule has 0 radical (unpaired) electrons. The lowest BCUT2D eigenvalue weighted by atomic mass is 10.3. The number of aliphatic hydroxyl groups excluding tert-OH is 1. The van der Waals surface area contributed by atoms with Crippen molar-refractivity contribution < 1.29 is 14.4 Å². The molecule has 0 fully saturated rings. The van der Waals surface area contributed by atoms with Crippen LogP contribution in [0.4, 0.5) is 0 Å². The monoisotopic (exact) mass is 185 g/mol. The molecule has 6 nitrogen and oxygen atoms in total. The van der Waals surface area contributed by atoms with Crippen LogP contribution in [0.3, 0.4) is 0 Å². The predicted molar refractivity (Wildman–Crippen MR) is 42.5 cm³/mol. The summed E-state index contributed by atoms with van der Waals surface area (Å²) in [6.45, 7) is 3.09. The summed E-state index contributed by atoms with van der Waals surface area (Å²) in [6.07, 6.45) is 0.148. The Balaban J connectivity index is 2.51. The first kappa shape index (κ1) is 9.66. The van der Waals surface area contributed by atoms with E-state index in [-0.39, 0.29) is 6.04 Å². The Morgan fingerprint density at radius 2 is 2.38 bits per heavy atom. The first-order valence-corrected chi connectivity index (χ1v) is 3.86. The van der Waals surface area contributed by atoms with E-state index >= 15 is 0 Å². The van der Waals surface area contributed by atoms with Crippen molar-refractivity contribution in [3.63, 3.8) is 0 Å². The van der Waals surface area contributed by atoms with Gasteiger partial charge >= 0.3 is 0 Å². The minimum atomic E-state index is -1.03. The lowest BCUT2D eigenvalue weighted by molar-refractivity contribution is -0.129. The number of amides is 1. The van der Waals surface area contributed by atoms with E-state index < -0.39 is 12.0 Å². The van der Waals surface area contributed by atoms with Gasteiger partial charge in [-0.2, -0.15) is 4.98 Å². The summed E-state index contributed by atoms with van der Waals surface area (Å²) in [7, 11) is 0. The maximum atomic E-state index is 11.0. The van der Waals surface area contributed by atoms with Gasteiger partial charge in [-0.05, 0) is 13.8 Å². The molecule has 1 amide bonds. The van der Waals surface area contributed by atoms with Gasteiger partial charge in [0.05, 0.1) is 6.04 Å². The fraction of sp³-hybridized carbons (Fsp3) is 0.571. The number of aromatic nitrogens is 2. The molecule has 0 aliphatic carbocycles. The summed E-state index contributed by atoms with van der Waals surface area (Å²) < 4.78 is 4.50. The Hall–Kier alpha value is -1.43. The van der Waals surface area contributed by atoms with Crippen molar-refractivity contribution in [2.45, 2.75) is 26.0 Å². The average molecular weight is 185 g/mol. The van der Waals surface area contributed by atoms with Crippen molar-refractivity contribution >= 4 is 5.91 Å². The van der Waals surface area contributed by atoms with E-state index in [9.17, 15) is 4.79 Å². The van der Waals surface area contributed by atoms with Gasteiger partial charge in [-0.1, -0.05) is 5.16 Å². The molecule has 1 rings (SSSR count). The zero-order valence-corrected chi connectivity index (χ0v) is 7.39. The molecular formula is C7H11N3O3. The third kappa shape index (κ3) is 2.51. The molecule has 2 atom stereocenters. The van der Waals surface area contributed by atoms with Crippen LogP contribution in [0, 0.1) is 0 Å². The molecule has 13 heavy (non-hydrogen) atoms. The second-order valence-corrected chi connectivity index (χ2v) is 2.70. The quantitative estimate of drug-likeness (QED) is 0.670. The Bertz CT molecular complexity index is 271. The number of carbonyl (C=O) groups is 1. The van der Waals surface area contributed by atoms with E-state index in [0.29, 0.717) is 5.82 Å². The van der Waals surface area contributed by atoms with Crippen LogP contribution in [0.2, 0.25) is 0 Å². The molecule has 1 heterocycles. The standard InChI is InChI=1S/C7H11N3O3/c1-4(6-8-3-13-10-6)9-7(12)5(2)11/h3-5,11H,1-2H3,(H,9,12). The van der Waals surface area contributed by atoms with E-state index in [1.165, 1.54) is 13.3 Å². The Morgan fingerprint density at radius 1 is 1.69 bits per heavy atom. The van der Waals surface area contributed by atoms with Gasteiger partial charge in [-0.25, -0.2) is 0 Å². The highest BCUT2D eigenvalue weighted by atomic mass is 16.5. The first-order chi connectivity index (χ1) is 6.11. The molecule has 6 heteroatoms. The zero-order chi connectivity index (χ0) is 9.84. The molecular weight excluding hydrogens is 174 g/mol. The molecule has 0 bridgehead atoms. The lowest BCUT2D eigenvalue weighted by Gasteiger charge is -2.10. The van der Waals surface area contributed by atoms with Crippen molar-refractivity contribution in [3.05, 3.63) is 12.2 Å². The minimum absolute atomic E-state index is 0.360. The topological polar surface area (TPSA) is 88.2 Å². The van der Waals surface area contributed by atoms with E-state index in [0.717, 1.165) is 0 Å². The normalized spacial score (nSPS) is 15.0. The van der Waals surface area contributed by atoms with Crippen molar-refractivity contribution in [1.29, 1.82) is 0 Å². The number of hydrogen-bond donors (Lipinski definition) is 2. The van der Waals surface area contributed by atoms with Gasteiger partial charge in [0.25, 0.3) is 0 Å². The van der Waals surface area contributed by atoms with Gasteiger partial charge in [0.15, 0.2) is 5.82 Å². The molecule has 1 aromatic heterocycles. The fourth-order valence-electron chi connectivity index (χ4n) is 0.768. The van der Waals surface area contributed by atoms with Crippen LogP contribution in [0.25, 0.3) is 0 Å². The number of hydrogen-bond acceptors (Lipinski definition) is 5. The summed E-state index contributed by atoms with van der Waals surface area (Å²) in [5, 5.41) is 14.9. The van der Waals surface area contributed by atoms with E-state index in [2.05, 4.69) is 20.0 Å². The van der Waals surface area contributed by atoms with Gasteiger partial charge in [-0.3, -0.25) is 4.79 Å². The molecule has 0 saturated heterocycles. The van der Waals surface area contributed by atoms with Crippen LogP contribution in [-0.2, 0) is 4.79 Å². The van der Waals surface area contributed by atoms with Crippen LogP contribution < -0.4 is 5.32 Å². The molecule has 0 aliphatic heterocycles. The highest BCUT2D eigenvalue weighted by Gasteiger charge is 2.15. The fourth-order valence-corrected chi connectivity index (χ4v) is 0.768. The van der Waals surface area contributed by atoms with Crippen molar-refractivity contribution in [1.82, 2.24) is 15.5 Å². The summed E-state index contributed by atoms with van der Waals surface area (Å²) >= 11 is 0. The second-order valence-electron chi connectivity index (χ2n) is 2.70. The van der Waals surface area contributed by atoms with Gasteiger partial charge in [-0.15, -0.1) is 0 Å². The number of aliphatic hydroxyl groups is 1. The van der Waals surface area contributed by atoms with Crippen LogP contribution in [0.1, 0.15) is 25.7 Å². The van der Waals surface area contributed by atoms with E-state index in [1.54, 1.807) is 6.92 Å². The van der Waals surface area contributed by atoms with Gasteiger partial charge < -0.3 is 14.9 Å². The van der Waals surface area contributed by atoms with Crippen LogP contribution in [0.5, 0.6) is 0 Å². The first-order valence-electron chi connectivity index (χ1n) is 3.86. The van der Waals surface area contributed by atoms with Crippen LogP contribution >= 0.6 is 0 Å². The van der Waals surface area contributed by atoms with Crippen LogP contribution in [0.15, 0.2) is 10.9 Å². The largest absolute Gasteiger partial charge is 0.384 e. The Kier molecular flexibility index (Phi) is 2.97. The molecule has 1 aromatic rings. The predicted octanol–water partition coefficient (Wildman–Crippen LogP) is -0.372. The number of rotatable bonds is 3. The Morgan fingerprint density at radius 3 is 2.85 bits per heavy atom. The molecule has 0 spiro atoms. The van der Waals surface area contributed by atoms with E-state index in [1.807, 2.05) is 0 Å². The SMILES string of the molecule is CC(O)C(=O)NC(C)c1ncon1. The smallest absolute Gasteiger partial charge is 0.249 e. The Labute approximate surface area is 74.9 Å². The molecule has 72 valence electrons. The third-order valence-corrected chi connectivity index (χ3v) is 1.50. The average Bonchev–Trinajstić information content (AvgIpc) is 2.55. The van der Waals surface area contributed by atoms with E-state index in [4.69, 9.17) is 5.11 Å².